The van der Waals surface area contributed by atoms with E-state index in [0.29, 0.717) is 5.69 Å². The van der Waals surface area contributed by atoms with Gasteiger partial charge in [0.05, 0.1) is 11.9 Å². The molecule has 0 aliphatic rings. The standard InChI is InChI=1S/C19H23N3O/c1-19(2,3)18-13-20-16(12-21-18)17(23)11-8-14-6-9-15(10-7-14)22(4)5/h6-13H,1-5H3/b11-8+. The van der Waals surface area contributed by atoms with Crippen molar-refractivity contribution in [3.05, 3.63) is 59.7 Å². The van der Waals surface area contributed by atoms with Gasteiger partial charge < -0.3 is 4.90 Å². The molecule has 120 valence electrons. The quantitative estimate of drug-likeness (QED) is 0.637. The number of aromatic nitrogens is 2. The number of hydrogen-bond acceptors (Lipinski definition) is 4. The molecule has 0 aliphatic carbocycles. The van der Waals surface area contributed by atoms with Gasteiger partial charge in [-0.05, 0) is 23.8 Å². The van der Waals surface area contributed by atoms with Gasteiger partial charge in [-0.15, -0.1) is 0 Å². The minimum absolute atomic E-state index is 0.0708. The van der Waals surface area contributed by atoms with Crippen LogP contribution in [0.1, 0.15) is 42.5 Å². The lowest BCUT2D eigenvalue weighted by Gasteiger charge is -2.16. The second kappa shape index (κ2) is 6.73. The molecule has 23 heavy (non-hydrogen) atoms. The van der Waals surface area contributed by atoms with Crippen LogP contribution in [0.2, 0.25) is 0 Å². The average Bonchev–Trinajstić information content (AvgIpc) is 2.52. The third-order valence-electron chi connectivity index (χ3n) is 3.51. The van der Waals surface area contributed by atoms with Gasteiger partial charge in [-0.3, -0.25) is 9.78 Å². The van der Waals surface area contributed by atoms with Crippen molar-refractivity contribution in [3.8, 4) is 0 Å². The van der Waals surface area contributed by atoms with Crippen LogP contribution in [-0.4, -0.2) is 29.8 Å². The van der Waals surface area contributed by atoms with Crippen LogP contribution in [0.15, 0.2) is 42.7 Å². The van der Waals surface area contributed by atoms with Crippen molar-refractivity contribution < 1.29 is 4.79 Å². The predicted octanol–water partition coefficient (Wildman–Crippen LogP) is 3.74. The van der Waals surface area contributed by atoms with E-state index in [0.717, 1.165) is 16.9 Å². The molecule has 2 rings (SSSR count). The molecule has 0 N–H and O–H groups in total. The van der Waals surface area contributed by atoms with Crippen LogP contribution in [0, 0.1) is 0 Å². The largest absolute Gasteiger partial charge is 0.378 e. The first-order chi connectivity index (χ1) is 10.8. The van der Waals surface area contributed by atoms with E-state index < -0.39 is 0 Å². The Kier molecular flexibility index (Phi) is 4.94. The maximum absolute atomic E-state index is 12.2. The summed E-state index contributed by atoms with van der Waals surface area (Å²) in [6.45, 7) is 6.20. The third-order valence-corrected chi connectivity index (χ3v) is 3.51. The van der Waals surface area contributed by atoms with Crippen LogP contribution in [0.4, 0.5) is 5.69 Å². The molecule has 2 aromatic rings. The highest BCUT2D eigenvalue weighted by atomic mass is 16.1. The molecule has 4 heteroatoms. The van der Waals surface area contributed by atoms with Crippen LogP contribution in [-0.2, 0) is 5.41 Å². The number of rotatable bonds is 4. The van der Waals surface area contributed by atoms with Crippen molar-refractivity contribution in [2.75, 3.05) is 19.0 Å². The zero-order valence-electron chi connectivity index (χ0n) is 14.4. The van der Waals surface area contributed by atoms with Gasteiger partial charge in [-0.25, -0.2) is 4.98 Å². The molecule has 1 aromatic carbocycles. The number of hydrogen-bond donors (Lipinski definition) is 0. The van der Waals surface area contributed by atoms with Gasteiger partial charge in [-0.1, -0.05) is 39.0 Å². The monoisotopic (exact) mass is 309 g/mol. The zero-order chi connectivity index (χ0) is 17.0. The smallest absolute Gasteiger partial charge is 0.205 e. The van der Waals surface area contributed by atoms with Crippen molar-refractivity contribution in [3.63, 3.8) is 0 Å². The van der Waals surface area contributed by atoms with Crippen LogP contribution in [0.3, 0.4) is 0 Å². The van der Waals surface area contributed by atoms with E-state index in [4.69, 9.17) is 0 Å². The number of nitrogens with zero attached hydrogens (tertiary/aromatic N) is 3. The fraction of sp³-hybridized carbons (Fsp3) is 0.316. The Hall–Kier alpha value is -2.49. The van der Waals surface area contributed by atoms with Gasteiger partial charge in [0.2, 0.25) is 5.78 Å². The van der Waals surface area contributed by atoms with Crippen LogP contribution >= 0.6 is 0 Å². The van der Waals surface area contributed by atoms with Crippen LogP contribution in [0.5, 0.6) is 0 Å². The Morgan fingerprint density at radius 2 is 1.70 bits per heavy atom. The first-order valence-corrected chi connectivity index (χ1v) is 7.60. The van der Waals surface area contributed by atoms with Crippen molar-refractivity contribution in [2.45, 2.75) is 26.2 Å². The second-order valence-electron chi connectivity index (χ2n) is 6.72. The molecule has 0 saturated heterocycles. The Morgan fingerprint density at radius 3 is 2.17 bits per heavy atom. The van der Waals surface area contributed by atoms with Crippen LogP contribution in [0.25, 0.3) is 6.08 Å². The van der Waals surface area contributed by atoms with Gasteiger partial charge in [0.1, 0.15) is 5.69 Å². The zero-order valence-corrected chi connectivity index (χ0v) is 14.4. The topological polar surface area (TPSA) is 46.1 Å². The lowest BCUT2D eigenvalue weighted by Crippen LogP contribution is -2.14. The highest BCUT2D eigenvalue weighted by Gasteiger charge is 2.16. The summed E-state index contributed by atoms with van der Waals surface area (Å²) >= 11 is 0. The Labute approximate surface area is 137 Å². The number of benzene rings is 1. The molecule has 4 nitrogen and oxygen atoms in total. The fourth-order valence-corrected chi connectivity index (χ4v) is 1.98. The van der Waals surface area contributed by atoms with Crippen LogP contribution < -0.4 is 4.90 Å². The lowest BCUT2D eigenvalue weighted by atomic mass is 9.93. The van der Waals surface area contributed by atoms with E-state index in [9.17, 15) is 4.79 Å². The second-order valence-corrected chi connectivity index (χ2v) is 6.72. The Morgan fingerprint density at radius 1 is 1.04 bits per heavy atom. The maximum atomic E-state index is 12.2. The predicted molar refractivity (Wildman–Crippen MR) is 94.9 cm³/mol. The number of ketones is 1. The summed E-state index contributed by atoms with van der Waals surface area (Å²) in [5.74, 6) is -0.144. The molecule has 1 heterocycles. The van der Waals surface area contributed by atoms with E-state index in [1.165, 1.54) is 6.08 Å². The molecule has 0 saturated carbocycles. The Balaban J connectivity index is 2.09. The fourth-order valence-electron chi connectivity index (χ4n) is 1.98. The first-order valence-electron chi connectivity index (χ1n) is 7.60. The van der Waals surface area contributed by atoms with Crippen molar-refractivity contribution in [1.29, 1.82) is 0 Å². The first kappa shape index (κ1) is 16.9. The molecule has 0 amide bonds. The molecule has 0 fully saturated rings. The molecule has 0 radical (unpaired) electrons. The van der Waals surface area contributed by atoms with E-state index in [2.05, 4.69) is 30.7 Å². The summed E-state index contributed by atoms with van der Waals surface area (Å²) in [7, 11) is 3.99. The molecule has 1 aromatic heterocycles. The summed E-state index contributed by atoms with van der Waals surface area (Å²) in [6, 6.07) is 7.99. The normalized spacial score (nSPS) is 11.7. The van der Waals surface area contributed by atoms with Gasteiger partial charge >= 0.3 is 0 Å². The maximum Gasteiger partial charge on any atom is 0.205 e. The number of anilines is 1. The minimum atomic E-state index is -0.144. The summed E-state index contributed by atoms with van der Waals surface area (Å²) in [4.78, 5) is 22.7. The van der Waals surface area contributed by atoms with E-state index in [-0.39, 0.29) is 11.2 Å². The number of allylic oxidation sites excluding steroid dienone is 1. The molecule has 0 bridgehead atoms. The summed E-state index contributed by atoms with van der Waals surface area (Å²) in [5.41, 5.74) is 3.26. The summed E-state index contributed by atoms with van der Waals surface area (Å²) in [5, 5.41) is 0. The van der Waals surface area contributed by atoms with Crippen molar-refractivity contribution in [1.82, 2.24) is 9.97 Å². The SMILES string of the molecule is CN(C)c1ccc(/C=C/C(=O)c2cnc(C(C)(C)C)cn2)cc1. The van der Waals surface area contributed by atoms with E-state index >= 15 is 0 Å². The molecular weight excluding hydrogens is 286 g/mol. The molecule has 0 unspecified atom stereocenters. The highest BCUT2D eigenvalue weighted by molar-refractivity contribution is 6.05. The highest BCUT2D eigenvalue weighted by Crippen LogP contribution is 2.18. The van der Waals surface area contributed by atoms with Crippen molar-refractivity contribution >= 4 is 17.5 Å². The molecule has 0 aliphatic heterocycles. The van der Waals surface area contributed by atoms with Gasteiger partial charge in [0.15, 0.2) is 0 Å². The summed E-state index contributed by atoms with van der Waals surface area (Å²) < 4.78 is 0. The van der Waals surface area contributed by atoms with Gasteiger partial charge in [-0.2, -0.15) is 0 Å². The number of carbonyl (C=O) groups is 1. The minimum Gasteiger partial charge on any atom is -0.378 e. The average molecular weight is 309 g/mol. The molecular formula is C19H23N3O. The third kappa shape index (κ3) is 4.49. The Bertz CT molecular complexity index is 693. The molecule has 0 spiro atoms. The molecule has 0 atom stereocenters. The summed E-state index contributed by atoms with van der Waals surface area (Å²) in [6.07, 6.45) is 6.54. The van der Waals surface area contributed by atoms with Gasteiger partial charge in [0.25, 0.3) is 0 Å². The van der Waals surface area contributed by atoms with E-state index in [1.54, 1.807) is 18.5 Å². The number of carbonyl (C=O) groups excluding carboxylic acids is 1. The van der Waals surface area contributed by atoms with E-state index in [1.807, 2.05) is 43.3 Å². The van der Waals surface area contributed by atoms with Gasteiger partial charge in [0, 0.05) is 31.4 Å². The van der Waals surface area contributed by atoms with Crippen molar-refractivity contribution in [2.24, 2.45) is 0 Å². The lowest BCUT2D eigenvalue weighted by molar-refractivity contribution is 0.104.